The van der Waals surface area contributed by atoms with E-state index in [2.05, 4.69) is 59.8 Å². The van der Waals surface area contributed by atoms with Crippen molar-refractivity contribution in [3.63, 3.8) is 0 Å². The number of aromatic amines is 4. The lowest BCUT2D eigenvalue weighted by Gasteiger charge is -2.30. The van der Waals surface area contributed by atoms with Crippen molar-refractivity contribution in [2.45, 2.75) is 182 Å². The van der Waals surface area contributed by atoms with Crippen LogP contribution in [0.2, 0.25) is 0 Å². The number of aryl methyl sites for hydroxylation is 4. The summed E-state index contributed by atoms with van der Waals surface area (Å²) < 4.78 is 194. The Bertz CT molecular complexity index is 6820. The zero-order valence-corrected chi connectivity index (χ0v) is 86.0. The van der Waals surface area contributed by atoms with Crippen molar-refractivity contribution in [3.05, 3.63) is 139 Å². The molecule has 6 aliphatic heterocycles. The molecule has 0 amide bonds. The third-order valence-corrected chi connectivity index (χ3v) is 30.3. The van der Waals surface area contributed by atoms with Gasteiger partial charge in [0.25, 0.3) is 22.2 Å². The number of aliphatic hydroxyl groups is 1. The second-order valence-corrected chi connectivity index (χ2v) is 44.7. The highest BCUT2D eigenvalue weighted by molar-refractivity contribution is 8.07. The first kappa shape index (κ1) is 112. The molecule has 15 heterocycles. The van der Waals surface area contributed by atoms with Crippen molar-refractivity contribution in [2.24, 2.45) is 0 Å². The average Bonchev–Trinajstić information content (AvgIpc) is 1.60. The number of ether oxygens (including phenoxy) is 16. The Kier molecular flexibility index (Phi) is 36.8. The van der Waals surface area contributed by atoms with E-state index < -0.39 is 268 Å². The maximum absolute atomic E-state index is 15.5. The summed E-state index contributed by atoms with van der Waals surface area (Å²) >= 11 is 17.1. The van der Waals surface area contributed by atoms with Crippen LogP contribution in [0.5, 0.6) is 0 Å². The van der Waals surface area contributed by atoms with E-state index in [1.54, 1.807) is 18.4 Å². The Labute approximate surface area is 838 Å². The van der Waals surface area contributed by atoms with Gasteiger partial charge in [0.05, 0.1) is 130 Å². The smallest absolute Gasteiger partial charge is 0.387 e. The van der Waals surface area contributed by atoms with Crippen LogP contribution in [0, 0.1) is 27.7 Å². The minimum atomic E-state index is -5.98. The molecule has 806 valence electrons. The number of rotatable bonds is 51. The van der Waals surface area contributed by atoms with Crippen molar-refractivity contribution in [2.75, 3.05) is 152 Å². The Balaban J connectivity index is 0.724. The number of aromatic nitrogens is 18. The molecular formula is C76H108N21O41P5S3. The van der Waals surface area contributed by atoms with Crippen molar-refractivity contribution < 1.29 is 160 Å². The van der Waals surface area contributed by atoms with Gasteiger partial charge in [-0.15, -0.1) is 0 Å². The molecule has 9 aromatic heterocycles. The molecule has 15 rings (SSSR count). The topological polar surface area (TPSA) is 789 Å². The number of H-pyrrole nitrogens is 4. The summed E-state index contributed by atoms with van der Waals surface area (Å²) in [5, 5.41) is 11.9. The Morgan fingerprint density at radius 1 is 0.397 bits per heavy atom. The fraction of sp³-hybridized carbons (Fsp3) is 0.645. The molecule has 146 heavy (non-hydrogen) atoms. The minimum absolute atomic E-state index is 0.0279. The van der Waals surface area contributed by atoms with Crippen LogP contribution in [0.25, 0.3) is 33.5 Å². The van der Waals surface area contributed by atoms with Crippen LogP contribution >= 0.6 is 35.8 Å². The van der Waals surface area contributed by atoms with Gasteiger partial charge in [-0.3, -0.25) is 88.7 Å². The van der Waals surface area contributed by atoms with Gasteiger partial charge in [0.15, 0.2) is 64.9 Å². The van der Waals surface area contributed by atoms with E-state index in [9.17, 15) is 63.1 Å². The molecule has 0 saturated carbocycles. The van der Waals surface area contributed by atoms with Gasteiger partial charge in [-0.25, -0.2) is 53.4 Å². The van der Waals surface area contributed by atoms with Gasteiger partial charge in [-0.1, -0.05) is 0 Å². The Hall–Kier alpha value is -7.98. The summed E-state index contributed by atoms with van der Waals surface area (Å²) in [6, 6.07) is 0. The third-order valence-electron chi connectivity index (χ3n) is 23.6. The third kappa shape index (κ3) is 26.0. The molecule has 0 radical (unpaired) electrons. The quantitative estimate of drug-likeness (QED) is 0.0140. The number of anilines is 3. The summed E-state index contributed by atoms with van der Waals surface area (Å²) in [6.45, 7) is -14.5. The lowest BCUT2D eigenvalue weighted by molar-refractivity contribution is -0.0840. The monoisotopic (exact) mass is 2220 g/mol. The van der Waals surface area contributed by atoms with Crippen LogP contribution < -0.4 is 56.5 Å². The van der Waals surface area contributed by atoms with Crippen LogP contribution in [-0.2, 0) is 166 Å². The van der Waals surface area contributed by atoms with Crippen LogP contribution in [0.3, 0.4) is 0 Å². The van der Waals surface area contributed by atoms with E-state index in [4.69, 9.17) is 174 Å². The normalized spacial score (nSPS) is 29.1. The first-order valence-electron chi connectivity index (χ1n) is 44.4. The van der Waals surface area contributed by atoms with Gasteiger partial charge < -0.3 is 146 Å². The van der Waals surface area contributed by atoms with Crippen molar-refractivity contribution >= 4 is 122 Å². The minimum Gasteiger partial charge on any atom is -0.387 e. The number of methoxy groups -OCH3 is 5. The highest BCUT2D eigenvalue weighted by Crippen LogP contribution is 2.58. The number of nitrogens with zero attached hydrogens (tertiary/aromatic N) is 14. The summed E-state index contributed by atoms with van der Waals surface area (Å²) in [7, 11) is -5.16. The number of aliphatic hydroxyl groups excluding tert-OH is 1. The number of fused-ring (bicyclic) bond motifs is 3. The Morgan fingerprint density at radius 2 is 0.774 bits per heavy atom. The maximum Gasteiger partial charge on any atom is 0.472 e. The van der Waals surface area contributed by atoms with Gasteiger partial charge >= 0.3 is 52.9 Å². The van der Waals surface area contributed by atoms with E-state index in [0.717, 1.165) is 37.0 Å². The fourth-order valence-corrected chi connectivity index (χ4v) is 23.0. The highest BCUT2D eigenvalue weighted by Gasteiger charge is 2.59. The van der Waals surface area contributed by atoms with Crippen LogP contribution in [0.15, 0.2) is 77.5 Å². The second-order valence-electron chi connectivity index (χ2n) is 33.5. The van der Waals surface area contributed by atoms with E-state index in [1.165, 1.54) is 86.1 Å². The number of imidazole rings is 3. The van der Waals surface area contributed by atoms with E-state index in [0.29, 0.717) is 11.2 Å². The zero-order chi connectivity index (χ0) is 105. The number of nitrogen functional groups attached to an aromatic ring is 3. The SMILES string of the molecule is COCCO[C@H]1C(O)[C@@H](COP(O)(=S)OC2[C@@H](COP(O)(=S)OC3[C@@H](COP(=O)(O)OC4[C@@H](COP(=O)(O)OC5[C@@H](COP(O)(=S)OC6C[C@H](n7cnc8c(N)ncnc87)O[C@@H]6C)O[C@@H](n6cc(C)c(=O)[nH]c6=O)[C@H]5OCCOC)O[C@@H](n5cnc6c(=O)[nH]c(N)nc65)[C@H]4OCCOC)O[C@@H](n4cc(C)c(=O)[nH]c4=O)[C@H]3OCCOC)O[C@@H](n3cnc4c(=O)[nH]c(C)nc43)[C@H]2OCCOC)O[C@H]1n1cc(C)c(N)nc1=O. The second kappa shape index (κ2) is 47.9. The molecule has 6 aliphatic rings. The number of nitrogens with two attached hydrogens (primary N) is 3. The largest absolute Gasteiger partial charge is 0.472 e. The van der Waals surface area contributed by atoms with Gasteiger partial charge in [0.1, 0.15) is 121 Å². The number of nitrogens with one attached hydrogen (secondary N) is 4. The zero-order valence-electron chi connectivity index (χ0n) is 79.1. The fourth-order valence-electron chi connectivity index (χ4n) is 16.7. The molecule has 70 heteroatoms. The van der Waals surface area contributed by atoms with Crippen LogP contribution in [0.4, 0.5) is 17.6 Å². The molecule has 9 aromatic rings. The molecule has 0 aliphatic carbocycles. The first-order chi connectivity index (χ1) is 69.4. The summed E-state index contributed by atoms with van der Waals surface area (Å²) in [4.78, 5) is 199. The molecular weight excluding hydrogens is 2110 g/mol. The van der Waals surface area contributed by atoms with Crippen molar-refractivity contribution in [1.82, 2.24) is 87.2 Å². The summed E-state index contributed by atoms with van der Waals surface area (Å²) in [6.07, 6.45) is -28.8. The van der Waals surface area contributed by atoms with Crippen LogP contribution in [-0.4, -0.2) is 355 Å². The molecule has 0 bridgehead atoms. The van der Waals surface area contributed by atoms with Gasteiger partial charge in [0, 0.05) is 77.3 Å². The summed E-state index contributed by atoms with van der Waals surface area (Å²) in [5.41, 5.74) is 11.7. The molecule has 0 aromatic carbocycles. The molecule has 28 atom stereocenters. The number of hydrogen-bond acceptors (Lipinski definition) is 50. The lowest BCUT2D eigenvalue weighted by atomic mass is 10.1. The predicted octanol–water partition coefficient (Wildman–Crippen LogP) is -2.40. The molecule has 16 N–H and O–H groups in total. The van der Waals surface area contributed by atoms with Gasteiger partial charge in [0.2, 0.25) is 5.95 Å². The van der Waals surface area contributed by atoms with E-state index in [1.807, 2.05) is 0 Å². The molecule has 11 unspecified atom stereocenters. The first-order valence-corrected chi connectivity index (χ1v) is 55.2. The predicted molar refractivity (Wildman–Crippen MR) is 506 cm³/mol. The van der Waals surface area contributed by atoms with E-state index >= 15 is 9.13 Å². The number of phosphoric acid groups is 2. The highest BCUT2D eigenvalue weighted by atomic mass is 32.5. The van der Waals surface area contributed by atoms with Crippen molar-refractivity contribution in [3.8, 4) is 0 Å². The molecule has 0 spiro atoms. The van der Waals surface area contributed by atoms with Crippen molar-refractivity contribution in [1.29, 1.82) is 0 Å². The average molecular weight is 2220 g/mol. The van der Waals surface area contributed by atoms with Gasteiger partial charge in [-0.2, -0.15) is 9.97 Å². The van der Waals surface area contributed by atoms with E-state index in [-0.39, 0.29) is 116 Å². The Morgan fingerprint density at radius 3 is 1.23 bits per heavy atom. The number of hydrogen-bond donors (Lipinski definition) is 13. The number of phosphoric ester groups is 2. The van der Waals surface area contributed by atoms with Crippen LogP contribution in [0.1, 0.15) is 73.2 Å². The lowest BCUT2D eigenvalue weighted by Crippen LogP contribution is -2.42. The summed E-state index contributed by atoms with van der Waals surface area (Å²) in [5.74, 6) is -0.330. The standard InChI is InChI=1S/C76H108N21O41P5S3/c1-34-22-92(74(103)87-59(34)77)68-54(118-16-11-113-6)49(98)40(129-68)25-125-142(111,145)138-53-44(133-72(58(53)122-20-15-117-10)96-32-83-47-62(96)85-38(5)86-66(47)101)29-127-143(112,146)137-52-42(130-70(57(52)121-19-14-116-9)94-24-36(3)65(100)91-76(94)105)27-124-140(108,109)135-50-41(132-71(56(50)120-18-13-115-8)97-33-84-48-63(97)88-73(79)89-67(48)102)26-123-139(106,107)136-51-43(131-69(55(51)119-17-12-114-7)93-23-35(2)64(99)90-75(93)104)28-126-141(110,144)134-39-21-45(128-37(39)4)95-31-82-46-60(78)80-30-81-61(46)95/h22-24,30-33,37,39-45,49-58,68-72,98H,11-21,25-29H2,1-10H3,(H,106,107)(H,108,109)(H,110,144)(H,111,145)(H,112,146)(H2,77,87,103)(H2,78,80,81)(H,85,86,101)(H,90,99,104)(H,91,100,105)(H3,79,88,89,102)/t37-,39?,40-,41-,42-,43-,44-,45-,49?,50?,51?,52?,53?,54+,55+,56+,57+,58+,68-,69-,70-,71-,72-,141?,142?,143?/m1/s1. The maximum atomic E-state index is 15.5. The van der Waals surface area contributed by atoms with Gasteiger partial charge in [-0.05, 0) is 70.0 Å². The molecule has 6 fully saturated rings. The molecule has 6 saturated heterocycles. The molecule has 62 nitrogen and oxygen atoms in total.